The van der Waals surface area contributed by atoms with Crippen molar-refractivity contribution in [3.05, 3.63) is 34.9 Å². The molecule has 134 valence electrons. The highest BCUT2D eigenvalue weighted by Crippen LogP contribution is 2.15. The predicted molar refractivity (Wildman–Crippen MR) is 99.9 cm³/mol. The van der Waals surface area contributed by atoms with Gasteiger partial charge in [0.2, 0.25) is 5.91 Å². The Labute approximate surface area is 150 Å². The molecule has 3 N–H and O–H groups in total. The van der Waals surface area contributed by atoms with Crippen LogP contribution in [0.1, 0.15) is 45.1 Å². The molecule has 1 aliphatic heterocycles. The Bertz CT molecular complexity index is 512. The summed E-state index contributed by atoms with van der Waals surface area (Å²) in [5, 5.41) is 4.29. The van der Waals surface area contributed by atoms with Gasteiger partial charge in [0.05, 0.1) is 6.04 Å². The van der Waals surface area contributed by atoms with E-state index in [0.29, 0.717) is 12.3 Å². The maximum absolute atomic E-state index is 12.5. The molecule has 0 spiro atoms. The van der Waals surface area contributed by atoms with Gasteiger partial charge in [-0.2, -0.15) is 0 Å². The van der Waals surface area contributed by atoms with Crippen LogP contribution in [0.15, 0.2) is 24.3 Å². The van der Waals surface area contributed by atoms with E-state index in [9.17, 15) is 4.79 Å². The molecule has 4 nitrogen and oxygen atoms in total. The van der Waals surface area contributed by atoms with E-state index in [4.69, 9.17) is 17.3 Å². The number of piperidine rings is 1. The van der Waals surface area contributed by atoms with E-state index in [0.717, 1.165) is 37.5 Å². The van der Waals surface area contributed by atoms with Crippen molar-refractivity contribution >= 4 is 17.5 Å². The van der Waals surface area contributed by atoms with Crippen LogP contribution >= 0.6 is 11.6 Å². The van der Waals surface area contributed by atoms with Gasteiger partial charge in [0, 0.05) is 30.7 Å². The van der Waals surface area contributed by atoms with E-state index in [1.54, 1.807) is 0 Å². The summed E-state index contributed by atoms with van der Waals surface area (Å²) in [6, 6.07) is 7.62. The van der Waals surface area contributed by atoms with Crippen LogP contribution in [0.3, 0.4) is 0 Å². The first-order chi connectivity index (χ1) is 11.5. The van der Waals surface area contributed by atoms with Crippen molar-refractivity contribution in [2.24, 2.45) is 11.7 Å². The van der Waals surface area contributed by atoms with Gasteiger partial charge in [0.25, 0.3) is 0 Å². The number of nitrogens with two attached hydrogens (primary N) is 1. The van der Waals surface area contributed by atoms with Crippen molar-refractivity contribution in [3.8, 4) is 0 Å². The minimum Gasteiger partial charge on any atom is -0.341 e. The smallest absolute Gasteiger partial charge is 0.239 e. The molecule has 0 aromatic heterocycles. The Morgan fingerprint density at radius 3 is 2.42 bits per heavy atom. The molecule has 1 amide bonds. The molecule has 2 rings (SSSR count). The van der Waals surface area contributed by atoms with Crippen LogP contribution in [0.4, 0.5) is 0 Å². The number of rotatable bonds is 7. The maximum atomic E-state index is 12.5. The van der Waals surface area contributed by atoms with E-state index in [1.807, 2.05) is 29.2 Å². The SMILES string of the molecule is CC(C)[C@@H](C[C@H](N)C(=O)N1CCCCC1)NCc1ccc(Cl)cc1. The average molecular weight is 352 g/mol. The van der Waals surface area contributed by atoms with E-state index >= 15 is 0 Å². The van der Waals surface area contributed by atoms with Gasteiger partial charge in [0.1, 0.15) is 0 Å². The van der Waals surface area contributed by atoms with Crippen LogP contribution in [0.2, 0.25) is 5.02 Å². The molecule has 5 heteroatoms. The minimum atomic E-state index is -0.423. The molecule has 0 bridgehead atoms. The summed E-state index contributed by atoms with van der Waals surface area (Å²) in [6.45, 7) is 6.80. The summed E-state index contributed by atoms with van der Waals surface area (Å²) >= 11 is 5.92. The molecule has 2 atom stereocenters. The number of benzene rings is 1. The summed E-state index contributed by atoms with van der Waals surface area (Å²) in [7, 11) is 0. The van der Waals surface area contributed by atoms with Crippen molar-refractivity contribution in [2.45, 2.75) is 58.2 Å². The fourth-order valence-corrected chi connectivity index (χ4v) is 3.29. The molecular formula is C19H30ClN3O. The number of hydrogen-bond acceptors (Lipinski definition) is 3. The van der Waals surface area contributed by atoms with Gasteiger partial charge in [-0.05, 0) is 49.3 Å². The molecule has 1 fully saturated rings. The lowest BCUT2D eigenvalue weighted by Crippen LogP contribution is -2.49. The number of halogens is 1. The molecule has 0 saturated carbocycles. The van der Waals surface area contributed by atoms with Crippen molar-refractivity contribution < 1.29 is 4.79 Å². The highest BCUT2D eigenvalue weighted by molar-refractivity contribution is 6.30. The van der Waals surface area contributed by atoms with Crippen LogP contribution in [-0.4, -0.2) is 36.0 Å². The third-order valence-electron chi connectivity index (χ3n) is 4.78. The Morgan fingerprint density at radius 1 is 1.21 bits per heavy atom. The first-order valence-electron chi connectivity index (χ1n) is 8.99. The van der Waals surface area contributed by atoms with Gasteiger partial charge in [-0.1, -0.05) is 37.6 Å². The standard InChI is InChI=1S/C19H30ClN3O/c1-14(2)18(22-13-15-6-8-16(20)9-7-15)12-17(21)19(24)23-10-4-3-5-11-23/h6-9,14,17-18,22H,3-5,10-13,21H2,1-2H3/t17-,18+/m0/s1. The first-order valence-corrected chi connectivity index (χ1v) is 9.37. The van der Waals surface area contributed by atoms with Crippen LogP contribution in [0, 0.1) is 5.92 Å². The van der Waals surface area contributed by atoms with Crippen LogP contribution in [0.25, 0.3) is 0 Å². The fourth-order valence-electron chi connectivity index (χ4n) is 3.17. The molecule has 1 heterocycles. The zero-order valence-electron chi connectivity index (χ0n) is 14.8. The molecule has 0 aliphatic carbocycles. The minimum absolute atomic E-state index is 0.105. The Kier molecular flexibility index (Phi) is 7.53. The number of likely N-dealkylation sites (tertiary alicyclic amines) is 1. The van der Waals surface area contributed by atoms with Gasteiger partial charge in [-0.3, -0.25) is 4.79 Å². The third-order valence-corrected chi connectivity index (χ3v) is 5.03. The number of carbonyl (C=O) groups is 1. The van der Waals surface area contributed by atoms with Gasteiger partial charge in [-0.25, -0.2) is 0 Å². The van der Waals surface area contributed by atoms with Crippen molar-refractivity contribution in [3.63, 3.8) is 0 Å². The van der Waals surface area contributed by atoms with Crippen molar-refractivity contribution in [2.75, 3.05) is 13.1 Å². The maximum Gasteiger partial charge on any atom is 0.239 e. The molecule has 0 radical (unpaired) electrons. The molecule has 24 heavy (non-hydrogen) atoms. The second kappa shape index (κ2) is 9.40. The van der Waals surface area contributed by atoms with E-state index in [-0.39, 0.29) is 11.9 Å². The van der Waals surface area contributed by atoms with Crippen molar-refractivity contribution in [1.82, 2.24) is 10.2 Å². The largest absolute Gasteiger partial charge is 0.341 e. The summed E-state index contributed by atoms with van der Waals surface area (Å²) in [4.78, 5) is 14.5. The topological polar surface area (TPSA) is 58.4 Å². The molecule has 0 unspecified atom stereocenters. The second-order valence-electron chi connectivity index (χ2n) is 7.09. The number of carbonyl (C=O) groups excluding carboxylic acids is 1. The highest BCUT2D eigenvalue weighted by Gasteiger charge is 2.26. The van der Waals surface area contributed by atoms with Gasteiger partial charge in [-0.15, -0.1) is 0 Å². The molecular weight excluding hydrogens is 322 g/mol. The Morgan fingerprint density at radius 2 is 1.83 bits per heavy atom. The van der Waals surface area contributed by atoms with Crippen LogP contribution < -0.4 is 11.1 Å². The van der Waals surface area contributed by atoms with E-state index in [1.165, 1.54) is 12.0 Å². The molecule has 1 saturated heterocycles. The average Bonchev–Trinajstić information content (AvgIpc) is 2.59. The van der Waals surface area contributed by atoms with Crippen molar-refractivity contribution in [1.29, 1.82) is 0 Å². The number of nitrogens with zero attached hydrogens (tertiary/aromatic N) is 1. The third kappa shape index (κ3) is 5.76. The lowest BCUT2D eigenvalue weighted by molar-refractivity contribution is -0.133. The van der Waals surface area contributed by atoms with Crippen LogP contribution in [-0.2, 0) is 11.3 Å². The zero-order chi connectivity index (χ0) is 17.5. The summed E-state index contributed by atoms with van der Waals surface area (Å²) in [5.41, 5.74) is 7.41. The Hall–Kier alpha value is -1.10. The highest BCUT2D eigenvalue weighted by atomic mass is 35.5. The van der Waals surface area contributed by atoms with Gasteiger partial charge >= 0.3 is 0 Å². The number of amides is 1. The summed E-state index contributed by atoms with van der Waals surface area (Å²) < 4.78 is 0. The van der Waals surface area contributed by atoms with Gasteiger partial charge in [0.15, 0.2) is 0 Å². The van der Waals surface area contributed by atoms with Crippen LogP contribution in [0.5, 0.6) is 0 Å². The molecule has 1 aromatic carbocycles. The van der Waals surface area contributed by atoms with E-state index < -0.39 is 6.04 Å². The lowest BCUT2D eigenvalue weighted by atomic mass is 9.95. The molecule has 1 aromatic rings. The first kappa shape index (κ1) is 19.2. The number of nitrogens with one attached hydrogen (secondary N) is 1. The summed E-state index contributed by atoms with van der Waals surface area (Å²) in [6.07, 6.45) is 4.08. The van der Waals surface area contributed by atoms with E-state index in [2.05, 4.69) is 19.2 Å². The fraction of sp³-hybridized carbons (Fsp3) is 0.632. The second-order valence-corrected chi connectivity index (χ2v) is 7.52. The lowest BCUT2D eigenvalue weighted by Gasteiger charge is -2.31. The van der Waals surface area contributed by atoms with Gasteiger partial charge < -0.3 is 16.0 Å². The molecule has 1 aliphatic rings. The summed E-state index contributed by atoms with van der Waals surface area (Å²) in [5.74, 6) is 0.520. The predicted octanol–water partition coefficient (Wildman–Crippen LogP) is 3.18. The Balaban J connectivity index is 1.87. The quantitative estimate of drug-likeness (QED) is 0.793. The zero-order valence-corrected chi connectivity index (χ0v) is 15.6. The normalized spacial score (nSPS) is 17.8. The number of hydrogen-bond donors (Lipinski definition) is 2. The monoisotopic (exact) mass is 351 g/mol.